The number of benzene rings is 1. The first-order valence-corrected chi connectivity index (χ1v) is 4.88. The van der Waals surface area contributed by atoms with Gasteiger partial charge in [-0.2, -0.15) is 0 Å². The maximum atomic E-state index is 9.55. The van der Waals surface area contributed by atoms with E-state index in [4.69, 9.17) is 15.9 Å². The fourth-order valence-corrected chi connectivity index (χ4v) is 0.899. The largest absolute Gasteiger partial charge is 0.478 e. The molecular formula is C12H15NO4. The zero-order valence-electron chi connectivity index (χ0n) is 9.41. The monoisotopic (exact) mass is 237 g/mol. The van der Waals surface area contributed by atoms with Crippen molar-refractivity contribution in [3.8, 4) is 0 Å². The van der Waals surface area contributed by atoms with E-state index >= 15 is 0 Å². The van der Waals surface area contributed by atoms with Crippen LogP contribution >= 0.6 is 0 Å². The van der Waals surface area contributed by atoms with Crippen LogP contribution < -0.4 is 5.73 Å². The predicted molar refractivity (Wildman–Crippen MR) is 63.5 cm³/mol. The van der Waals surface area contributed by atoms with Crippen molar-refractivity contribution in [3.05, 3.63) is 48.0 Å². The van der Waals surface area contributed by atoms with Gasteiger partial charge in [-0.05, 0) is 12.5 Å². The molecule has 0 saturated carbocycles. The number of carboxylic acid groups (broad SMARTS) is 2. The van der Waals surface area contributed by atoms with Gasteiger partial charge in [0.15, 0.2) is 0 Å². The number of carboxylic acids is 2. The Morgan fingerprint density at radius 2 is 1.53 bits per heavy atom. The van der Waals surface area contributed by atoms with E-state index in [1.54, 1.807) is 0 Å². The number of carbonyl (C=O) groups is 2. The highest BCUT2D eigenvalue weighted by Crippen LogP contribution is 2.06. The van der Waals surface area contributed by atoms with Gasteiger partial charge in [-0.3, -0.25) is 0 Å². The molecule has 0 fully saturated rings. The maximum absolute atomic E-state index is 9.55. The van der Waals surface area contributed by atoms with Crippen LogP contribution in [0.4, 0.5) is 0 Å². The molecule has 0 spiro atoms. The first-order chi connectivity index (χ1) is 7.93. The van der Waals surface area contributed by atoms with Gasteiger partial charge in [-0.1, -0.05) is 30.3 Å². The second-order valence-electron chi connectivity index (χ2n) is 3.21. The standard InChI is InChI=1S/C8H11N.C4H4O4/c1-7(9)8-5-3-2-4-6-8;5-3(6)1-2-4(7)8/h2-7H,9H2,1H3;1-2H,(H,5,6)(H,7,8)/b;2-1-. The Morgan fingerprint density at radius 1 is 1.12 bits per heavy atom. The van der Waals surface area contributed by atoms with Crippen LogP contribution in [0.3, 0.4) is 0 Å². The number of aliphatic carboxylic acids is 2. The van der Waals surface area contributed by atoms with E-state index in [2.05, 4.69) is 0 Å². The Bertz CT molecular complexity index is 369. The minimum atomic E-state index is -1.26. The lowest BCUT2D eigenvalue weighted by atomic mass is 10.1. The molecule has 0 saturated heterocycles. The SMILES string of the molecule is CC(N)c1ccccc1.O=C(O)/C=C\C(=O)O. The van der Waals surface area contributed by atoms with E-state index < -0.39 is 11.9 Å². The average molecular weight is 237 g/mol. The zero-order valence-corrected chi connectivity index (χ0v) is 9.41. The fraction of sp³-hybridized carbons (Fsp3) is 0.167. The van der Waals surface area contributed by atoms with Crippen molar-refractivity contribution in [2.45, 2.75) is 13.0 Å². The number of rotatable bonds is 3. The highest BCUT2D eigenvalue weighted by Gasteiger charge is 1.93. The molecule has 1 atom stereocenters. The van der Waals surface area contributed by atoms with E-state index in [1.165, 1.54) is 5.56 Å². The molecule has 5 heteroatoms. The second-order valence-corrected chi connectivity index (χ2v) is 3.21. The Morgan fingerprint density at radius 3 is 1.76 bits per heavy atom. The van der Waals surface area contributed by atoms with Crippen LogP contribution in [0.15, 0.2) is 42.5 Å². The Balaban J connectivity index is 0.000000304. The van der Waals surface area contributed by atoms with Crippen molar-refractivity contribution in [3.63, 3.8) is 0 Å². The Hall–Kier alpha value is -2.14. The molecule has 5 nitrogen and oxygen atoms in total. The molecule has 0 aliphatic carbocycles. The summed E-state index contributed by atoms with van der Waals surface area (Å²) in [7, 11) is 0. The first kappa shape index (κ1) is 14.9. The third kappa shape index (κ3) is 8.83. The van der Waals surface area contributed by atoms with Gasteiger partial charge in [0.2, 0.25) is 0 Å². The molecule has 1 rings (SSSR count). The molecule has 0 radical (unpaired) electrons. The summed E-state index contributed by atoms with van der Waals surface area (Å²) in [6, 6.07) is 10.2. The van der Waals surface area contributed by atoms with Gasteiger partial charge in [0.25, 0.3) is 0 Å². The van der Waals surface area contributed by atoms with Gasteiger partial charge >= 0.3 is 11.9 Å². The molecule has 0 bridgehead atoms. The van der Waals surface area contributed by atoms with Crippen LogP contribution in [0.5, 0.6) is 0 Å². The molecule has 0 amide bonds. The summed E-state index contributed by atoms with van der Waals surface area (Å²) in [4.78, 5) is 19.1. The van der Waals surface area contributed by atoms with Crippen molar-refractivity contribution in [1.82, 2.24) is 0 Å². The summed E-state index contributed by atoms with van der Waals surface area (Å²) in [5, 5.41) is 15.6. The van der Waals surface area contributed by atoms with Crippen molar-refractivity contribution in [2.75, 3.05) is 0 Å². The van der Waals surface area contributed by atoms with Gasteiger partial charge in [0.05, 0.1) is 0 Å². The molecule has 17 heavy (non-hydrogen) atoms. The van der Waals surface area contributed by atoms with E-state index in [-0.39, 0.29) is 6.04 Å². The van der Waals surface area contributed by atoms with Crippen molar-refractivity contribution in [2.24, 2.45) is 5.73 Å². The molecule has 0 heterocycles. The normalized spacial score (nSPS) is 11.4. The summed E-state index contributed by atoms with van der Waals surface area (Å²) >= 11 is 0. The molecule has 1 aromatic rings. The van der Waals surface area contributed by atoms with Crippen LogP contribution in [0.25, 0.3) is 0 Å². The summed E-state index contributed by atoms with van der Waals surface area (Å²) in [5.41, 5.74) is 6.81. The summed E-state index contributed by atoms with van der Waals surface area (Å²) in [5.74, 6) is -2.51. The first-order valence-electron chi connectivity index (χ1n) is 4.88. The van der Waals surface area contributed by atoms with Gasteiger partial charge in [-0.25, -0.2) is 9.59 Å². The predicted octanol–water partition coefficient (Wildman–Crippen LogP) is 1.42. The van der Waals surface area contributed by atoms with Crippen LogP contribution in [0.1, 0.15) is 18.5 Å². The van der Waals surface area contributed by atoms with E-state index in [0.717, 1.165) is 0 Å². The van der Waals surface area contributed by atoms with E-state index in [9.17, 15) is 9.59 Å². The van der Waals surface area contributed by atoms with E-state index in [1.807, 2.05) is 37.3 Å². The van der Waals surface area contributed by atoms with Gasteiger partial charge < -0.3 is 15.9 Å². The van der Waals surface area contributed by atoms with Crippen LogP contribution in [-0.4, -0.2) is 22.2 Å². The molecule has 0 aromatic heterocycles. The fourth-order valence-electron chi connectivity index (χ4n) is 0.899. The maximum Gasteiger partial charge on any atom is 0.328 e. The third-order valence-corrected chi connectivity index (χ3v) is 1.69. The molecule has 0 aliphatic heterocycles. The minimum Gasteiger partial charge on any atom is -0.478 e. The minimum absolute atomic E-state index is 0.159. The number of hydrogen-bond acceptors (Lipinski definition) is 3. The van der Waals surface area contributed by atoms with Crippen molar-refractivity contribution in [1.29, 1.82) is 0 Å². The van der Waals surface area contributed by atoms with Crippen LogP contribution in [-0.2, 0) is 9.59 Å². The van der Waals surface area contributed by atoms with Gasteiger partial charge in [0, 0.05) is 18.2 Å². The molecule has 0 aliphatic rings. The van der Waals surface area contributed by atoms with Gasteiger partial charge in [0.1, 0.15) is 0 Å². The Kier molecular flexibility index (Phi) is 7.05. The van der Waals surface area contributed by atoms with E-state index in [0.29, 0.717) is 12.2 Å². The Labute approximate surface area is 99.2 Å². The smallest absolute Gasteiger partial charge is 0.328 e. The molecule has 1 unspecified atom stereocenters. The second kappa shape index (κ2) is 8.06. The summed E-state index contributed by atoms with van der Waals surface area (Å²) in [6.45, 7) is 1.98. The lowest BCUT2D eigenvalue weighted by Crippen LogP contribution is -2.03. The lowest BCUT2D eigenvalue weighted by molar-refractivity contribution is -0.134. The third-order valence-electron chi connectivity index (χ3n) is 1.69. The molecule has 1 aromatic carbocycles. The summed E-state index contributed by atoms with van der Waals surface area (Å²) < 4.78 is 0. The highest BCUT2D eigenvalue weighted by atomic mass is 16.4. The number of nitrogens with two attached hydrogens (primary N) is 1. The zero-order chi connectivity index (χ0) is 13.3. The van der Waals surface area contributed by atoms with Crippen molar-refractivity contribution < 1.29 is 19.8 Å². The topological polar surface area (TPSA) is 101 Å². The quantitative estimate of drug-likeness (QED) is 0.690. The van der Waals surface area contributed by atoms with Crippen molar-refractivity contribution >= 4 is 11.9 Å². The summed E-state index contributed by atoms with van der Waals surface area (Å²) in [6.07, 6.45) is 1.12. The highest BCUT2D eigenvalue weighted by molar-refractivity contribution is 5.89. The van der Waals surface area contributed by atoms with Crippen LogP contribution in [0.2, 0.25) is 0 Å². The van der Waals surface area contributed by atoms with Crippen LogP contribution in [0, 0.1) is 0 Å². The van der Waals surface area contributed by atoms with Gasteiger partial charge in [-0.15, -0.1) is 0 Å². The molecule has 4 N–H and O–H groups in total. The number of hydrogen-bond donors (Lipinski definition) is 3. The molecule has 92 valence electrons. The molecular weight excluding hydrogens is 222 g/mol. The average Bonchev–Trinajstić information content (AvgIpc) is 2.28. The lowest BCUT2D eigenvalue weighted by Gasteiger charge is -2.02.